The van der Waals surface area contributed by atoms with Gasteiger partial charge in [-0.3, -0.25) is 14.3 Å². The highest BCUT2D eigenvalue weighted by Crippen LogP contribution is 2.23. The molecule has 2 aliphatic heterocycles. The van der Waals surface area contributed by atoms with E-state index in [1.165, 1.54) is 0 Å². The number of carbonyl (C=O) groups is 1. The van der Waals surface area contributed by atoms with E-state index in [2.05, 4.69) is 4.90 Å². The Balaban J connectivity index is 1.37. The number of nitrogens with zero attached hydrogens (tertiary/aromatic N) is 3. The quantitative estimate of drug-likeness (QED) is 0.822. The second-order valence-electron chi connectivity index (χ2n) is 7.80. The van der Waals surface area contributed by atoms with Gasteiger partial charge in [-0.2, -0.15) is 0 Å². The van der Waals surface area contributed by atoms with Crippen LogP contribution in [0.2, 0.25) is 0 Å². The van der Waals surface area contributed by atoms with Gasteiger partial charge < -0.3 is 14.1 Å². The molecular formula is C20H27N3O4. The summed E-state index contributed by atoms with van der Waals surface area (Å²) in [6, 6.07) is 7.48. The van der Waals surface area contributed by atoms with Gasteiger partial charge in [0.25, 0.3) is 0 Å². The summed E-state index contributed by atoms with van der Waals surface area (Å²) in [5, 5.41) is 0. The van der Waals surface area contributed by atoms with Gasteiger partial charge >= 0.3 is 5.76 Å². The number of aromatic nitrogens is 1. The van der Waals surface area contributed by atoms with Gasteiger partial charge in [0.1, 0.15) is 0 Å². The third-order valence-electron chi connectivity index (χ3n) is 5.58. The molecule has 1 aromatic heterocycles. The first-order chi connectivity index (χ1) is 13.0. The summed E-state index contributed by atoms with van der Waals surface area (Å²) in [5.41, 5.74) is 1.43. The molecule has 7 nitrogen and oxygen atoms in total. The van der Waals surface area contributed by atoms with Crippen molar-refractivity contribution < 1.29 is 13.9 Å². The second-order valence-corrected chi connectivity index (χ2v) is 7.80. The van der Waals surface area contributed by atoms with Gasteiger partial charge in [-0.25, -0.2) is 4.79 Å². The third-order valence-corrected chi connectivity index (χ3v) is 5.58. The van der Waals surface area contributed by atoms with Crippen LogP contribution in [-0.2, 0) is 16.2 Å². The Labute approximate surface area is 158 Å². The van der Waals surface area contributed by atoms with Gasteiger partial charge in [0, 0.05) is 32.1 Å². The normalized spacial score (nSPS) is 25.2. The van der Waals surface area contributed by atoms with Crippen LogP contribution in [0.4, 0.5) is 0 Å². The molecular weight excluding hydrogens is 346 g/mol. The minimum absolute atomic E-state index is 0.0663. The molecule has 2 unspecified atom stereocenters. The van der Waals surface area contributed by atoms with E-state index in [0.29, 0.717) is 25.3 Å². The van der Waals surface area contributed by atoms with Crippen LogP contribution >= 0.6 is 0 Å². The molecule has 146 valence electrons. The third kappa shape index (κ3) is 3.80. The molecule has 4 rings (SSSR count). The number of rotatable bonds is 3. The van der Waals surface area contributed by atoms with Crippen LogP contribution in [0.5, 0.6) is 0 Å². The molecule has 2 aromatic rings. The van der Waals surface area contributed by atoms with Crippen LogP contribution in [0, 0.1) is 5.92 Å². The first-order valence-corrected chi connectivity index (χ1v) is 9.76. The molecule has 27 heavy (non-hydrogen) atoms. The smallest absolute Gasteiger partial charge is 0.408 e. The summed E-state index contributed by atoms with van der Waals surface area (Å²) in [5.74, 6) is -0.00941. The highest BCUT2D eigenvalue weighted by atomic mass is 16.5. The van der Waals surface area contributed by atoms with E-state index in [-0.39, 0.29) is 29.8 Å². The van der Waals surface area contributed by atoms with E-state index in [9.17, 15) is 9.59 Å². The summed E-state index contributed by atoms with van der Waals surface area (Å²) in [7, 11) is 0. The van der Waals surface area contributed by atoms with Crippen molar-refractivity contribution in [2.75, 3.05) is 26.2 Å². The summed E-state index contributed by atoms with van der Waals surface area (Å²) in [4.78, 5) is 29.2. The van der Waals surface area contributed by atoms with Crippen molar-refractivity contribution in [3.63, 3.8) is 0 Å². The fourth-order valence-corrected chi connectivity index (χ4v) is 4.29. The Kier molecular flexibility index (Phi) is 5.06. The standard InChI is InChI=1S/C20H27N3O4/c1-14-11-22(12-15(2)26-14)19(24)16-7-9-21(10-8-16)13-23-17-5-3-4-6-18(17)27-20(23)25/h3-6,14-16H,7-13H2,1-2H3. The lowest BCUT2D eigenvalue weighted by Crippen LogP contribution is -2.51. The maximum atomic E-state index is 12.9. The minimum Gasteiger partial charge on any atom is -0.408 e. The van der Waals surface area contributed by atoms with Crippen LogP contribution in [0.15, 0.2) is 33.5 Å². The first-order valence-electron chi connectivity index (χ1n) is 9.76. The Morgan fingerprint density at radius 3 is 2.48 bits per heavy atom. The SMILES string of the molecule is CC1CN(C(=O)C2CCN(Cn3c(=O)oc4ccccc43)CC2)CC(C)O1. The van der Waals surface area contributed by atoms with Crippen LogP contribution in [0.1, 0.15) is 26.7 Å². The monoisotopic (exact) mass is 373 g/mol. The second kappa shape index (κ2) is 7.48. The summed E-state index contributed by atoms with van der Waals surface area (Å²) >= 11 is 0. The highest BCUT2D eigenvalue weighted by Gasteiger charge is 2.32. The van der Waals surface area contributed by atoms with Crippen LogP contribution in [0.25, 0.3) is 11.1 Å². The van der Waals surface area contributed by atoms with Gasteiger partial charge in [-0.1, -0.05) is 12.1 Å². The van der Waals surface area contributed by atoms with Gasteiger partial charge in [0.05, 0.1) is 24.4 Å². The van der Waals surface area contributed by atoms with Gasteiger partial charge in [0.2, 0.25) is 5.91 Å². The lowest BCUT2D eigenvalue weighted by molar-refractivity contribution is -0.149. The van der Waals surface area contributed by atoms with Crippen molar-refractivity contribution in [3.05, 3.63) is 34.8 Å². The zero-order valence-electron chi connectivity index (χ0n) is 16.0. The van der Waals surface area contributed by atoms with Crippen molar-refractivity contribution in [2.24, 2.45) is 5.92 Å². The number of hydrogen-bond acceptors (Lipinski definition) is 5. The van der Waals surface area contributed by atoms with Crippen LogP contribution < -0.4 is 5.76 Å². The average molecular weight is 373 g/mol. The van der Waals surface area contributed by atoms with Crippen LogP contribution in [0.3, 0.4) is 0 Å². The van der Waals surface area contributed by atoms with Gasteiger partial charge in [-0.05, 0) is 38.8 Å². The number of amides is 1. The Hall–Kier alpha value is -2.12. The maximum absolute atomic E-state index is 12.9. The predicted octanol–water partition coefficient (Wildman–Crippen LogP) is 1.90. The van der Waals surface area contributed by atoms with Gasteiger partial charge in [-0.15, -0.1) is 0 Å². The van der Waals surface area contributed by atoms with Crippen molar-refractivity contribution in [3.8, 4) is 0 Å². The molecule has 0 bridgehead atoms. The number of oxazole rings is 1. The number of fused-ring (bicyclic) bond motifs is 1. The Morgan fingerprint density at radius 2 is 1.78 bits per heavy atom. The van der Waals surface area contributed by atoms with E-state index in [0.717, 1.165) is 31.4 Å². The van der Waals surface area contributed by atoms with Crippen molar-refractivity contribution in [1.29, 1.82) is 0 Å². The summed E-state index contributed by atoms with van der Waals surface area (Å²) in [6.45, 7) is 7.51. The molecule has 0 N–H and O–H groups in total. The van der Waals surface area contributed by atoms with E-state index in [4.69, 9.17) is 9.15 Å². The van der Waals surface area contributed by atoms with E-state index in [1.807, 2.05) is 43.0 Å². The lowest BCUT2D eigenvalue weighted by atomic mass is 9.95. The molecule has 1 amide bonds. The zero-order valence-corrected chi connectivity index (χ0v) is 16.0. The molecule has 0 radical (unpaired) electrons. The lowest BCUT2D eigenvalue weighted by Gasteiger charge is -2.39. The van der Waals surface area contributed by atoms with Gasteiger partial charge in [0.15, 0.2) is 5.58 Å². The number of morpholine rings is 1. The molecule has 2 aliphatic rings. The van der Waals surface area contributed by atoms with Crippen molar-refractivity contribution >= 4 is 17.0 Å². The molecule has 7 heteroatoms. The number of piperidine rings is 1. The van der Waals surface area contributed by atoms with E-state index in [1.54, 1.807) is 4.57 Å². The fraction of sp³-hybridized carbons (Fsp3) is 0.600. The highest BCUT2D eigenvalue weighted by molar-refractivity contribution is 5.79. The molecule has 3 heterocycles. The maximum Gasteiger partial charge on any atom is 0.421 e. The Bertz CT molecular complexity index is 855. The summed E-state index contributed by atoms with van der Waals surface area (Å²) < 4.78 is 12.7. The first kappa shape index (κ1) is 18.3. The molecule has 0 saturated carbocycles. The molecule has 1 aromatic carbocycles. The average Bonchev–Trinajstić information content (AvgIpc) is 2.96. The number of ether oxygens (including phenoxy) is 1. The molecule has 2 saturated heterocycles. The number of carbonyl (C=O) groups excluding carboxylic acids is 1. The summed E-state index contributed by atoms with van der Waals surface area (Å²) in [6.07, 6.45) is 1.84. The van der Waals surface area contributed by atoms with Crippen molar-refractivity contribution in [2.45, 2.75) is 45.6 Å². The van der Waals surface area contributed by atoms with E-state index >= 15 is 0 Å². The Morgan fingerprint density at radius 1 is 1.11 bits per heavy atom. The molecule has 0 aliphatic carbocycles. The topological polar surface area (TPSA) is 67.9 Å². The number of hydrogen-bond donors (Lipinski definition) is 0. The van der Waals surface area contributed by atoms with E-state index < -0.39 is 0 Å². The molecule has 0 spiro atoms. The largest absolute Gasteiger partial charge is 0.421 e. The predicted molar refractivity (Wildman–Crippen MR) is 101 cm³/mol. The zero-order chi connectivity index (χ0) is 19.0. The van der Waals surface area contributed by atoms with Crippen LogP contribution in [-0.4, -0.2) is 58.7 Å². The number of para-hydroxylation sites is 2. The number of benzene rings is 1. The molecule has 2 atom stereocenters. The molecule has 2 fully saturated rings. The minimum atomic E-state index is -0.328. The number of likely N-dealkylation sites (tertiary alicyclic amines) is 1. The fourth-order valence-electron chi connectivity index (χ4n) is 4.29. The van der Waals surface area contributed by atoms with Crippen molar-refractivity contribution in [1.82, 2.24) is 14.4 Å².